The van der Waals surface area contributed by atoms with E-state index >= 15 is 0 Å². The molecule has 1 unspecified atom stereocenters. The molecule has 4 N–H and O–H groups in total. The molecule has 0 aliphatic rings. The van der Waals surface area contributed by atoms with E-state index in [1.54, 1.807) is 0 Å². The van der Waals surface area contributed by atoms with Crippen LogP contribution in [0.4, 0.5) is 0 Å². The van der Waals surface area contributed by atoms with Gasteiger partial charge in [0.05, 0.1) is 13.2 Å². The zero-order chi connectivity index (χ0) is 47.0. The van der Waals surface area contributed by atoms with E-state index in [9.17, 15) is 23.8 Å². The van der Waals surface area contributed by atoms with Gasteiger partial charge in [0.2, 0.25) is 0 Å². The molecule has 0 bridgehead atoms. The summed E-state index contributed by atoms with van der Waals surface area (Å²) in [5.41, 5.74) is 5.35. The Hall–Kier alpha value is -2.56. The first-order chi connectivity index (χ1) is 31.1. The van der Waals surface area contributed by atoms with Gasteiger partial charge in [0.15, 0.2) is 6.10 Å². The maximum absolute atomic E-state index is 12.7. The molecule has 0 saturated heterocycles. The van der Waals surface area contributed by atoms with Crippen LogP contribution in [0.3, 0.4) is 0 Å². The quantitative estimate of drug-likeness (QED) is 0.0229. The molecular formula is C52H94NO10P. The Morgan fingerprint density at radius 1 is 0.484 bits per heavy atom. The lowest BCUT2D eigenvalue weighted by atomic mass is 10.0. The molecule has 64 heavy (non-hydrogen) atoms. The third-order valence-corrected chi connectivity index (χ3v) is 12.0. The van der Waals surface area contributed by atoms with Gasteiger partial charge in [0, 0.05) is 12.8 Å². The summed E-state index contributed by atoms with van der Waals surface area (Å²) in [4.78, 5) is 46.1. The standard InChI is InChI=1S/C52H94NO10P/c1-3-5-7-9-11-13-15-17-19-21-23-24-26-27-29-31-33-35-37-39-41-43-50(54)60-45-48(46-61-64(58,59)62-47-49(53)52(56)57)63-51(55)44-42-40-38-36-34-32-30-28-25-22-20-18-16-14-12-10-8-6-4-2/h19,21,24,26,29,31,35,37,48-49H,3-18,20,22-23,25,27-28,30,32-34,36,38-47,53H2,1-2H3,(H,56,57)(H,58,59)/b21-19+,26-24+,31-29+,37-35+/t48-,49+/m1/s1. The van der Waals surface area contributed by atoms with E-state index in [2.05, 4.69) is 60.9 Å². The molecule has 0 amide bonds. The molecule has 3 atom stereocenters. The Morgan fingerprint density at radius 3 is 1.28 bits per heavy atom. The minimum atomic E-state index is -4.73. The maximum atomic E-state index is 12.7. The highest BCUT2D eigenvalue weighted by Crippen LogP contribution is 2.43. The van der Waals surface area contributed by atoms with E-state index in [1.165, 1.54) is 148 Å². The van der Waals surface area contributed by atoms with Crippen LogP contribution in [0.25, 0.3) is 0 Å². The van der Waals surface area contributed by atoms with Crippen molar-refractivity contribution in [3.05, 3.63) is 48.6 Å². The summed E-state index contributed by atoms with van der Waals surface area (Å²) < 4.78 is 32.8. The van der Waals surface area contributed by atoms with Crippen LogP contribution in [0.5, 0.6) is 0 Å². The zero-order valence-electron chi connectivity index (χ0n) is 40.6. The van der Waals surface area contributed by atoms with E-state index in [4.69, 9.17) is 24.8 Å². The summed E-state index contributed by atoms with van der Waals surface area (Å²) in [5.74, 6) is -2.44. The number of nitrogens with two attached hydrogens (primary N) is 1. The zero-order valence-corrected chi connectivity index (χ0v) is 41.5. The molecule has 372 valence electrons. The molecule has 0 aromatic rings. The van der Waals surface area contributed by atoms with E-state index < -0.39 is 51.1 Å². The summed E-state index contributed by atoms with van der Waals surface area (Å²) in [6, 6.07) is -1.53. The van der Waals surface area contributed by atoms with Gasteiger partial charge in [0.1, 0.15) is 12.6 Å². The number of allylic oxidation sites excluding steroid dienone is 8. The van der Waals surface area contributed by atoms with Crippen LogP contribution in [0.1, 0.15) is 232 Å². The van der Waals surface area contributed by atoms with Crippen molar-refractivity contribution in [2.75, 3.05) is 19.8 Å². The van der Waals surface area contributed by atoms with Crippen molar-refractivity contribution < 1.29 is 47.5 Å². The van der Waals surface area contributed by atoms with Crippen LogP contribution in [0.2, 0.25) is 0 Å². The molecule has 0 aliphatic heterocycles. The minimum Gasteiger partial charge on any atom is -0.480 e. The third-order valence-electron chi connectivity index (χ3n) is 11.1. The van der Waals surface area contributed by atoms with Crippen LogP contribution < -0.4 is 5.73 Å². The molecule has 0 radical (unpaired) electrons. The van der Waals surface area contributed by atoms with Crippen molar-refractivity contribution in [3.63, 3.8) is 0 Å². The van der Waals surface area contributed by atoms with Gasteiger partial charge >= 0.3 is 25.7 Å². The van der Waals surface area contributed by atoms with Gasteiger partial charge in [-0.15, -0.1) is 0 Å². The average Bonchev–Trinajstić information content (AvgIpc) is 3.27. The fourth-order valence-corrected chi connectivity index (χ4v) is 7.84. The number of hydrogen-bond donors (Lipinski definition) is 3. The van der Waals surface area contributed by atoms with E-state index in [0.717, 1.165) is 38.5 Å². The number of carboxylic acids is 1. The van der Waals surface area contributed by atoms with Gasteiger partial charge < -0.3 is 25.2 Å². The number of carbonyl (C=O) groups excluding carboxylic acids is 2. The van der Waals surface area contributed by atoms with Crippen LogP contribution in [0, 0.1) is 0 Å². The van der Waals surface area contributed by atoms with E-state index in [1.807, 2.05) is 6.08 Å². The van der Waals surface area contributed by atoms with Crippen molar-refractivity contribution in [3.8, 4) is 0 Å². The van der Waals surface area contributed by atoms with E-state index in [-0.39, 0.29) is 19.4 Å². The normalized spacial score (nSPS) is 13.9. The summed E-state index contributed by atoms with van der Waals surface area (Å²) in [7, 11) is -4.73. The number of esters is 2. The second-order valence-corrected chi connectivity index (χ2v) is 18.8. The lowest BCUT2D eigenvalue weighted by molar-refractivity contribution is -0.161. The SMILES string of the molecule is CCCCCCCCC/C=C/C/C=C/C/C=C/C/C=C/CCCC(=O)OC[C@H](COP(=O)(O)OC[C@H](N)C(=O)O)OC(=O)CCCCCCCCCCCCCCCCCCCCC. The van der Waals surface area contributed by atoms with Crippen molar-refractivity contribution in [1.82, 2.24) is 0 Å². The minimum absolute atomic E-state index is 0.147. The largest absolute Gasteiger partial charge is 0.480 e. The molecule has 0 aromatic carbocycles. The number of phosphoric ester groups is 1. The number of rotatable bonds is 48. The predicted molar refractivity (Wildman–Crippen MR) is 263 cm³/mol. The van der Waals surface area contributed by atoms with Gasteiger partial charge in [-0.05, 0) is 51.4 Å². The van der Waals surface area contributed by atoms with Crippen molar-refractivity contribution in [2.24, 2.45) is 5.73 Å². The first-order valence-corrected chi connectivity index (χ1v) is 27.2. The third kappa shape index (κ3) is 46.0. The first-order valence-electron chi connectivity index (χ1n) is 25.7. The van der Waals surface area contributed by atoms with Crippen LogP contribution in [-0.4, -0.2) is 59.9 Å². The van der Waals surface area contributed by atoms with Crippen LogP contribution in [-0.2, 0) is 37.5 Å². The Morgan fingerprint density at radius 2 is 0.844 bits per heavy atom. The van der Waals surface area contributed by atoms with Crippen molar-refractivity contribution in [2.45, 2.75) is 244 Å². The number of ether oxygens (including phenoxy) is 2. The molecule has 0 spiro atoms. The fraction of sp³-hybridized carbons (Fsp3) is 0.788. The van der Waals surface area contributed by atoms with E-state index in [0.29, 0.717) is 19.3 Å². The monoisotopic (exact) mass is 924 g/mol. The van der Waals surface area contributed by atoms with Gasteiger partial charge in [-0.2, -0.15) is 0 Å². The second-order valence-electron chi connectivity index (χ2n) is 17.3. The number of aliphatic carboxylic acids is 1. The summed E-state index contributed by atoms with van der Waals surface area (Å²) in [6.45, 7) is 2.78. The lowest BCUT2D eigenvalue weighted by Crippen LogP contribution is -2.34. The molecule has 12 heteroatoms. The number of phosphoric acid groups is 1. The molecule has 0 heterocycles. The topological polar surface area (TPSA) is 172 Å². The van der Waals surface area contributed by atoms with Crippen LogP contribution in [0.15, 0.2) is 48.6 Å². The molecule has 0 aliphatic carbocycles. The first kappa shape index (κ1) is 61.4. The summed E-state index contributed by atoms with van der Waals surface area (Å²) in [5, 5.41) is 8.92. The van der Waals surface area contributed by atoms with Gasteiger partial charge in [-0.3, -0.25) is 23.4 Å². The molecular weight excluding hydrogens is 830 g/mol. The Labute approximate surface area is 390 Å². The molecule has 0 fully saturated rings. The lowest BCUT2D eigenvalue weighted by Gasteiger charge is -2.20. The highest BCUT2D eigenvalue weighted by molar-refractivity contribution is 7.47. The maximum Gasteiger partial charge on any atom is 0.472 e. The molecule has 11 nitrogen and oxygen atoms in total. The fourth-order valence-electron chi connectivity index (χ4n) is 7.06. The predicted octanol–water partition coefficient (Wildman–Crippen LogP) is 14.5. The number of carboxylic acid groups (broad SMARTS) is 1. The van der Waals surface area contributed by atoms with Crippen LogP contribution >= 0.6 is 7.82 Å². The second kappa shape index (κ2) is 47.0. The molecule has 0 saturated carbocycles. The Kier molecular flexibility index (Phi) is 45.1. The highest BCUT2D eigenvalue weighted by atomic mass is 31.2. The Bertz CT molecular complexity index is 1270. The van der Waals surface area contributed by atoms with Gasteiger partial charge in [-0.25, -0.2) is 4.57 Å². The molecule has 0 rings (SSSR count). The van der Waals surface area contributed by atoms with Crippen molar-refractivity contribution >= 4 is 25.7 Å². The van der Waals surface area contributed by atoms with Gasteiger partial charge in [0.25, 0.3) is 0 Å². The molecule has 0 aromatic heterocycles. The average molecular weight is 924 g/mol. The summed E-state index contributed by atoms with van der Waals surface area (Å²) in [6.07, 6.45) is 54.7. The van der Waals surface area contributed by atoms with Gasteiger partial charge in [-0.1, -0.05) is 217 Å². The number of carbonyl (C=O) groups is 3. The highest BCUT2D eigenvalue weighted by Gasteiger charge is 2.28. The number of unbranched alkanes of at least 4 members (excludes halogenated alkanes) is 26. The Balaban J connectivity index is 4.33. The van der Waals surface area contributed by atoms with Crippen molar-refractivity contribution in [1.29, 1.82) is 0 Å². The number of hydrogen-bond acceptors (Lipinski definition) is 9. The smallest absolute Gasteiger partial charge is 0.472 e. The summed E-state index contributed by atoms with van der Waals surface area (Å²) >= 11 is 0.